The monoisotopic (exact) mass is 354 g/mol. The van der Waals surface area contributed by atoms with Crippen molar-refractivity contribution in [2.24, 2.45) is 0 Å². The van der Waals surface area contributed by atoms with Gasteiger partial charge in [-0.15, -0.1) is 0 Å². The second-order valence-corrected chi connectivity index (χ2v) is 4.92. The van der Waals surface area contributed by atoms with Gasteiger partial charge in [-0.2, -0.15) is 5.26 Å². The third kappa shape index (κ3) is 3.23. The normalized spacial score (nSPS) is 10.0. The molecule has 0 atom stereocenters. The minimum Gasteiger partial charge on any atom is -0.319 e. The van der Waals surface area contributed by atoms with Gasteiger partial charge >= 0.3 is 0 Å². The lowest BCUT2D eigenvalue weighted by Gasteiger charge is -2.08. The van der Waals surface area contributed by atoms with Crippen molar-refractivity contribution in [1.82, 2.24) is 0 Å². The molecular weight excluding hydrogens is 349 g/mol. The minimum atomic E-state index is -1.12. The molecule has 1 amide bonds. The van der Waals surface area contributed by atoms with Crippen LogP contribution in [0.15, 0.2) is 34.8 Å². The number of rotatable bonds is 2. The zero-order valence-corrected chi connectivity index (χ0v) is 11.8. The van der Waals surface area contributed by atoms with E-state index in [2.05, 4.69) is 21.2 Å². The molecule has 0 saturated carbocycles. The van der Waals surface area contributed by atoms with Crippen molar-refractivity contribution in [3.63, 3.8) is 0 Å². The van der Waals surface area contributed by atoms with Gasteiger partial charge in [-0.1, -0.05) is 15.9 Å². The first kappa shape index (κ1) is 15.1. The number of anilines is 1. The van der Waals surface area contributed by atoms with Crippen LogP contribution in [0.5, 0.6) is 0 Å². The molecule has 0 radical (unpaired) electrons. The van der Waals surface area contributed by atoms with Crippen LogP contribution in [0.1, 0.15) is 15.9 Å². The SMILES string of the molecule is N#Cc1ccc(NC(=O)c2c(F)cc(Br)cc2F)c(F)c1. The predicted octanol–water partition coefficient (Wildman–Crippen LogP) is 3.99. The van der Waals surface area contributed by atoms with Gasteiger partial charge in [-0.25, -0.2) is 13.2 Å². The molecular formula is C14H6BrF3N2O. The molecule has 21 heavy (non-hydrogen) atoms. The molecule has 2 rings (SSSR count). The molecule has 7 heteroatoms. The van der Waals surface area contributed by atoms with Crippen molar-refractivity contribution in [2.45, 2.75) is 0 Å². The van der Waals surface area contributed by atoms with Crippen molar-refractivity contribution in [1.29, 1.82) is 5.26 Å². The Hall–Kier alpha value is -2.33. The number of nitriles is 1. The maximum Gasteiger partial charge on any atom is 0.261 e. The van der Waals surface area contributed by atoms with E-state index in [9.17, 15) is 18.0 Å². The molecule has 106 valence electrons. The Balaban J connectivity index is 2.33. The third-order valence-corrected chi connectivity index (χ3v) is 3.04. The Morgan fingerprint density at radius 3 is 2.24 bits per heavy atom. The molecule has 0 aliphatic heterocycles. The number of hydrogen-bond donors (Lipinski definition) is 1. The summed E-state index contributed by atoms with van der Waals surface area (Å²) in [6.07, 6.45) is 0. The molecule has 0 unspecified atom stereocenters. The summed E-state index contributed by atoms with van der Waals surface area (Å²) in [5, 5.41) is 10.7. The van der Waals surface area contributed by atoms with Gasteiger partial charge in [0.1, 0.15) is 23.0 Å². The Bertz CT molecular complexity index is 748. The van der Waals surface area contributed by atoms with E-state index in [4.69, 9.17) is 5.26 Å². The van der Waals surface area contributed by atoms with Crippen LogP contribution >= 0.6 is 15.9 Å². The first-order valence-corrected chi connectivity index (χ1v) is 6.37. The average molecular weight is 355 g/mol. The molecule has 0 heterocycles. The number of carbonyl (C=O) groups excluding carboxylic acids is 1. The number of halogens is 4. The topological polar surface area (TPSA) is 52.9 Å². The molecule has 2 aromatic rings. The van der Waals surface area contributed by atoms with Crippen LogP contribution in [0.4, 0.5) is 18.9 Å². The second kappa shape index (κ2) is 5.97. The molecule has 0 fully saturated rings. The summed E-state index contributed by atoms with van der Waals surface area (Å²) in [5.41, 5.74) is -1.03. The van der Waals surface area contributed by atoms with Gasteiger partial charge in [0, 0.05) is 4.47 Å². The summed E-state index contributed by atoms with van der Waals surface area (Å²) in [6, 6.07) is 6.89. The van der Waals surface area contributed by atoms with Crippen LogP contribution in [0.25, 0.3) is 0 Å². The first-order valence-electron chi connectivity index (χ1n) is 5.58. The third-order valence-electron chi connectivity index (χ3n) is 2.58. The van der Waals surface area contributed by atoms with Crippen molar-refractivity contribution in [2.75, 3.05) is 5.32 Å². The fraction of sp³-hybridized carbons (Fsp3) is 0. The highest BCUT2D eigenvalue weighted by molar-refractivity contribution is 9.10. The number of nitrogens with one attached hydrogen (secondary N) is 1. The summed E-state index contributed by atoms with van der Waals surface area (Å²) in [4.78, 5) is 11.8. The molecule has 0 saturated heterocycles. The average Bonchev–Trinajstić information content (AvgIpc) is 2.39. The van der Waals surface area contributed by atoms with Gasteiger partial charge in [-0.05, 0) is 30.3 Å². The van der Waals surface area contributed by atoms with E-state index in [1.807, 2.05) is 0 Å². The van der Waals surface area contributed by atoms with Gasteiger partial charge in [0.05, 0.1) is 17.3 Å². The fourth-order valence-corrected chi connectivity index (χ4v) is 2.03. The van der Waals surface area contributed by atoms with Gasteiger partial charge < -0.3 is 5.32 Å². The quantitative estimate of drug-likeness (QED) is 0.886. The van der Waals surface area contributed by atoms with Crippen molar-refractivity contribution >= 4 is 27.5 Å². The fourth-order valence-electron chi connectivity index (χ4n) is 1.63. The first-order chi connectivity index (χ1) is 9.92. The Kier molecular flexibility index (Phi) is 4.29. The summed E-state index contributed by atoms with van der Waals surface area (Å²) < 4.78 is 41.0. The lowest BCUT2D eigenvalue weighted by Crippen LogP contribution is -2.16. The standard InChI is InChI=1S/C14H6BrF3N2O/c15-8-4-10(17)13(11(18)5-8)14(21)20-12-2-1-7(6-19)3-9(12)16/h1-5H,(H,20,21). The lowest BCUT2D eigenvalue weighted by molar-refractivity contribution is 0.101. The Labute approximate surface area is 126 Å². The summed E-state index contributed by atoms with van der Waals surface area (Å²) >= 11 is 2.89. The van der Waals surface area contributed by atoms with Gasteiger partial charge in [0.2, 0.25) is 0 Å². The van der Waals surface area contributed by atoms with E-state index in [1.165, 1.54) is 6.07 Å². The van der Waals surface area contributed by atoms with Crippen molar-refractivity contribution in [3.8, 4) is 6.07 Å². The number of carbonyl (C=O) groups is 1. The zero-order chi connectivity index (χ0) is 15.6. The van der Waals surface area contributed by atoms with E-state index >= 15 is 0 Å². The molecule has 0 aliphatic rings. The number of hydrogen-bond acceptors (Lipinski definition) is 2. The molecule has 0 spiro atoms. The van der Waals surface area contributed by atoms with Crippen LogP contribution in [0, 0.1) is 28.8 Å². The minimum absolute atomic E-state index is 0.0616. The van der Waals surface area contributed by atoms with Crippen LogP contribution in [-0.4, -0.2) is 5.91 Å². The van der Waals surface area contributed by atoms with Crippen LogP contribution in [-0.2, 0) is 0 Å². The Morgan fingerprint density at radius 1 is 1.10 bits per heavy atom. The maximum absolute atomic E-state index is 13.6. The molecule has 3 nitrogen and oxygen atoms in total. The summed E-state index contributed by atoms with van der Waals surface area (Å²) in [7, 11) is 0. The lowest BCUT2D eigenvalue weighted by atomic mass is 10.1. The molecule has 2 aromatic carbocycles. The molecule has 0 bridgehead atoms. The maximum atomic E-state index is 13.6. The highest BCUT2D eigenvalue weighted by Gasteiger charge is 2.19. The molecule has 0 aliphatic carbocycles. The van der Waals surface area contributed by atoms with Crippen LogP contribution in [0.3, 0.4) is 0 Å². The zero-order valence-electron chi connectivity index (χ0n) is 10.3. The molecule has 0 aromatic heterocycles. The van der Waals surface area contributed by atoms with Crippen LogP contribution in [0.2, 0.25) is 0 Å². The second-order valence-electron chi connectivity index (χ2n) is 4.00. The summed E-state index contributed by atoms with van der Waals surface area (Å²) in [5.74, 6) is -4.15. The smallest absolute Gasteiger partial charge is 0.261 e. The van der Waals surface area contributed by atoms with Gasteiger partial charge in [-0.3, -0.25) is 4.79 Å². The highest BCUT2D eigenvalue weighted by Crippen LogP contribution is 2.22. The highest BCUT2D eigenvalue weighted by atomic mass is 79.9. The summed E-state index contributed by atoms with van der Waals surface area (Å²) in [6.45, 7) is 0. The molecule has 1 N–H and O–H groups in total. The van der Waals surface area contributed by atoms with E-state index in [1.54, 1.807) is 6.07 Å². The number of nitrogens with zero attached hydrogens (tertiary/aromatic N) is 1. The Morgan fingerprint density at radius 2 is 1.71 bits per heavy atom. The number of benzene rings is 2. The van der Waals surface area contributed by atoms with Gasteiger partial charge in [0.15, 0.2) is 0 Å². The van der Waals surface area contributed by atoms with Crippen molar-refractivity contribution in [3.05, 3.63) is 63.4 Å². The van der Waals surface area contributed by atoms with E-state index < -0.39 is 28.9 Å². The van der Waals surface area contributed by atoms with E-state index in [-0.39, 0.29) is 15.7 Å². The largest absolute Gasteiger partial charge is 0.319 e. The predicted molar refractivity (Wildman–Crippen MR) is 73.1 cm³/mol. The van der Waals surface area contributed by atoms with Crippen molar-refractivity contribution < 1.29 is 18.0 Å². The van der Waals surface area contributed by atoms with E-state index in [0.29, 0.717) is 0 Å². The van der Waals surface area contributed by atoms with Gasteiger partial charge in [0.25, 0.3) is 5.91 Å². The number of amides is 1. The van der Waals surface area contributed by atoms with E-state index in [0.717, 1.165) is 24.3 Å². The van der Waals surface area contributed by atoms with Crippen LogP contribution < -0.4 is 5.32 Å².